The van der Waals surface area contributed by atoms with Crippen molar-refractivity contribution in [3.63, 3.8) is 0 Å². The molecule has 3 heteroatoms. The van der Waals surface area contributed by atoms with Gasteiger partial charge in [-0.15, -0.1) is 0 Å². The van der Waals surface area contributed by atoms with Crippen LogP contribution in [-0.4, -0.2) is 37.4 Å². The number of hydrogen-bond acceptors (Lipinski definition) is 3. The second kappa shape index (κ2) is 5.52. The second-order valence-corrected chi connectivity index (χ2v) is 3.06. The summed E-state index contributed by atoms with van der Waals surface area (Å²) in [7, 11) is 0. The fourth-order valence-corrected chi connectivity index (χ4v) is 1.48. The lowest BCUT2D eigenvalue weighted by Crippen LogP contribution is -2.28. The molecule has 0 spiro atoms. The minimum absolute atomic E-state index is 0.248. The van der Waals surface area contributed by atoms with E-state index in [1.807, 2.05) is 0 Å². The van der Waals surface area contributed by atoms with Crippen molar-refractivity contribution in [2.24, 2.45) is 0 Å². The molecule has 0 aromatic carbocycles. The summed E-state index contributed by atoms with van der Waals surface area (Å²) in [4.78, 5) is 0. The third-order valence-electron chi connectivity index (χ3n) is 2.12. The molecule has 1 heterocycles. The zero-order chi connectivity index (χ0) is 7.94. The maximum atomic E-state index is 8.48. The smallest absolute Gasteiger partial charge is 0.0555 e. The average molecular weight is 158 g/mol. The summed E-state index contributed by atoms with van der Waals surface area (Å²) in [6.45, 7) is 3.19. The van der Waals surface area contributed by atoms with Gasteiger partial charge in [-0.3, -0.25) is 0 Å². The van der Waals surface area contributed by atoms with Crippen molar-refractivity contribution in [2.75, 3.05) is 26.2 Å². The lowest BCUT2D eigenvalue weighted by atomic mass is 10.1. The topological polar surface area (TPSA) is 44.3 Å². The molecule has 0 aromatic heterocycles. The predicted molar refractivity (Wildman–Crippen MR) is 45.6 cm³/mol. The highest BCUT2D eigenvalue weighted by molar-refractivity contribution is 4.74. The summed E-state index contributed by atoms with van der Waals surface area (Å²) < 4.78 is 0. The van der Waals surface area contributed by atoms with E-state index >= 15 is 0 Å². The van der Waals surface area contributed by atoms with E-state index < -0.39 is 0 Å². The van der Waals surface area contributed by atoms with Crippen LogP contribution in [0.3, 0.4) is 0 Å². The van der Waals surface area contributed by atoms with E-state index in [0.717, 1.165) is 19.1 Å². The molecule has 0 amide bonds. The lowest BCUT2D eigenvalue weighted by Gasteiger charge is -2.09. The third kappa shape index (κ3) is 3.70. The van der Waals surface area contributed by atoms with Crippen molar-refractivity contribution < 1.29 is 5.11 Å². The fraction of sp³-hybridized carbons (Fsp3) is 1.00. The summed E-state index contributed by atoms with van der Waals surface area (Å²) in [5, 5.41) is 15.1. The first-order valence-corrected chi connectivity index (χ1v) is 4.48. The van der Waals surface area contributed by atoms with Gasteiger partial charge >= 0.3 is 0 Å². The minimum atomic E-state index is 0.248. The van der Waals surface area contributed by atoms with Gasteiger partial charge in [0.25, 0.3) is 0 Å². The normalized spacial score (nSPS) is 24.3. The Labute approximate surface area is 68.2 Å². The van der Waals surface area contributed by atoms with Gasteiger partial charge in [0, 0.05) is 12.6 Å². The van der Waals surface area contributed by atoms with Crippen LogP contribution in [0.1, 0.15) is 19.3 Å². The van der Waals surface area contributed by atoms with E-state index in [1.54, 1.807) is 0 Å². The first kappa shape index (κ1) is 8.97. The highest BCUT2D eigenvalue weighted by Crippen LogP contribution is 2.07. The van der Waals surface area contributed by atoms with Gasteiger partial charge in [-0.05, 0) is 32.4 Å². The highest BCUT2D eigenvalue weighted by atomic mass is 16.3. The van der Waals surface area contributed by atoms with E-state index in [0.29, 0.717) is 0 Å². The summed E-state index contributed by atoms with van der Waals surface area (Å²) in [5.74, 6) is 0. The van der Waals surface area contributed by atoms with E-state index in [2.05, 4.69) is 10.6 Å². The molecular weight excluding hydrogens is 140 g/mol. The van der Waals surface area contributed by atoms with E-state index in [4.69, 9.17) is 5.11 Å². The SMILES string of the molecule is OCCNCCC1CCCN1. The molecule has 1 aliphatic heterocycles. The zero-order valence-electron chi connectivity index (χ0n) is 6.97. The first-order chi connectivity index (χ1) is 5.43. The summed E-state index contributed by atoms with van der Waals surface area (Å²) in [5.41, 5.74) is 0. The number of aliphatic hydroxyl groups excluding tert-OH is 1. The molecule has 1 aliphatic rings. The molecule has 1 saturated heterocycles. The Hall–Kier alpha value is -0.120. The molecule has 1 fully saturated rings. The van der Waals surface area contributed by atoms with E-state index in [1.165, 1.54) is 25.8 Å². The van der Waals surface area contributed by atoms with Gasteiger partial charge in [0.1, 0.15) is 0 Å². The molecular formula is C8H18N2O. The van der Waals surface area contributed by atoms with Crippen molar-refractivity contribution >= 4 is 0 Å². The average Bonchev–Trinajstić information content (AvgIpc) is 2.50. The van der Waals surface area contributed by atoms with Gasteiger partial charge < -0.3 is 15.7 Å². The molecule has 0 aliphatic carbocycles. The molecule has 3 nitrogen and oxygen atoms in total. The number of rotatable bonds is 5. The molecule has 1 unspecified atom stereocenters. The quantitative estimate of drug-likeness (QED) is 0.482. The van der Waals surface area contributed by atoms with Gasteiger partial charge in [0.05, 0.1) is 6.61 Å². The molecule has 0 saturated carbocycles. The zero-order valence-corrected chi connectivity index (χ0v) is 6.97. The summed E-state index contributed by atoms with van der Waals surface area (Å²) in [6.07, 6.45) is 3.84. The standard InChI is InChI=1S/C8H18N2O/c11-7-6-9-5-3-8-2-1-4-10-8/h8-11H,1-7H2. The molecule has 1 atom stereocenters. The number of aliphatic hydroxyl groups is 1. The number of nitrogens with one attached hydrogen (secondary N) is 2. The molecule has 0 bridgehead atoms. The first-order valence-electron chi connectivity index (χ1n) is 4.48. The van der Waals surface area contributed by atoms with Crippen molar-refractivity contribution in [2.45, 2.75) is 25.3 Å². The van der Waals surface area contributed by atoms with Gasteiger partial charge in [0.15, 0.2) is 0 Å². The Balaban J connectivity index is 1.86. The Morgan fingerprint density at radius 1 is 1.45 bits per heavy atom. The maximum Gasteiger partial charge on any atom is 0.0555 e. The van der Waals surface area contributed by atoms with Crippen LogP contribution >= 0.6 is 0 Å². The monoisotopic (exact) mass is 158 g/mol. The fourth-order valence-electron chi connectivity index (χ4n) is 1.48. The van der Waals surface area contributed by atoms with Crippen LogP contribution < -0.4 is 10.6 Å². The maximum absolute atomic E-state index is 8.48. The molecule has 66 valence electrons. The van der Waals surface area contributed by atoms with Gasteiger partial charge in [-0.1, -0.05) is 0 Å². The van der Waals surface area contributed by atoms with Crippen molar-refractivity contribution in [1.82, 2.24) is 10.6 Å². The van der Waals surface area contributed by atoms with Crippen LogP contribution in [0, 0.1) is 0 Å². The van der Waals surface area contributed by atoms with Crippen LogP contribution in [0.4, 0.5) is 0 Å². The lowest BCUT2D eigenvalue weighted by molar-refractivity contribution is 0.291. The minimum Gasteiger partial charge on any atom is -0.395 e. The van der Waals surface area contributed by atoms with Crippen LogP contribution in [0.15, 0.2) is 0 Å². The van der Waals surface area contributed by atoms with Gasteiger partial charge in [-0.25, -0.2) is 0 Å². The second-order valence-electron chi connectivity index (χ2n) is 3.06. The molecule has 0 radical (unpaired) electrons. The summed E-state index contributed by atoms with van der Waals surface area (Å²) in [6, 6.07) is 0.723. The van der Waals surface area contributed by atoms with Crippen LogP contribution in [0.5, 0.6) is 0 Å². The van der Waals surface area contributed by atoms with Crippen molar-refractivity contribution in [1.29, 1.82) is 0 Å². The van der Waals surface area contributed by atoms with Gasteiger partial charge in [0.2, 0.25) is 0 Å². The van der Waals surface area contributed by atoms with Crippen LogP contribution in [-0.2, 0) is 0 Å². The van der Waals surface area contributed by atoms with Crippen molar-refractivity contribution in [3.8, 4) is 0 Å². The Kier molecular flexibility index (Phi) is 4.50. The molecule has 11 heavy (non-hydrogen) atoms. The summed E-state index contributed by atoms with van der Waals surface area (Å²) >= 11 is 0. The van der Waals surface area contributed by atoms with Crippen LogP contribution in [0.2, 0.25) is 0 Å². The Morgan fingerprint density at radius 3 is 3.00 bits per heavy atom. The Morgan fingerprint density at radius 2 is 2.36 bits per heavy atom. The number of hydrogen-bond donors (Lipinski definition) is 3. The molecule has 0 aromatic rings. The Bertz CT molecular complexity index is 92.1. The molecule has 1 rings (SSSR count). The predicted octanol–water partition coefficient (Wildman–Crippen LogP) is -0.290. The molecule has 3 N–H and O–H groups in total. The van der Waals surface area contributed by atoms with Crippen LogP contribution in [0.25, 0.3) is 0 Å². The van der Waals surface area contributed by atoms with E-state index in [-0.39, 0.29) is 6.61 Å². The van der Waals surface area contributed by atoms with Crippen molar-refractivity contribution in [3.05, 3.63) is 0 Å². The van der Waals surface area contributed by atoms with E-state index in [9.17, 15) is 0 Å². The van der Waals surface area contributed by atoms with Gasteiger partial charge in [-0.2, -0.15) is 0 Å². The largest absolute Gasteiger partial charge is 0.395 e. The highest BCUT2D eigenvalue weighted by Gasteiger charge is 2.12. The third-order valence-corrected chi connectivity index (χ3v) is 2.12.